The van der Waals surface area contributed by atoms with Crippen LogP contribution in [0.15, 0.2) is 72.2 Å². The van der Waals surface area contributed by atoms with Crippen LogP contribution in [0.2, 0.25) is 0 Å². The molecule has 2 N–H and O–H groups in total. The van der Waals surface area contributed by atoms with Gasteiger partial charge in [0.2, 0.25) is 0 Å². The molecular formula is C24H18FN5O2. The van der Waals surface area contributed by atoms with Crippen LogP contribution in [0.3, 0.4) is 0 Å². The molecule has 4 aromatic rings. The van der Waals surface area contributed by atoms with E-state index in [1.54, 1.807) is 23.3 Å². The summed E-state index contributed by atoms with van der Waals surface area (Å²) >= 11 is 0. The highest BCUT2D eigenvalue weighted by atomic mass is 19.1. The van der Waals surface area contributed by atoms with Crippen molar-refractivity contribution >= 4 is 6.02 Å². The smallest absolute Gasteiger partial charge is 0.283 e. The van der Waals surface area contributed by atoms with Crippen LogP contribution in [0.5, 0.6) is 11.5 Å². The number of pyridine rings is 1. The van der Waals surface area contributed by atoms with E-state index in [0.29, 0.717) is 16.9 Å². The molecule has 1 atom stereocenters. The number of amidine groups is 1. The van der Waals surface area contributed by atoms with Gasteiger partial charge in [0, 0.05) is 47.9 Å². The summed E-state index contributed by atoms with van der Waals surface area (Å²) in [5.41, 5.74) is 9.60. The first-order chi connectivity index (χ1) is 15.5. The summed E-state index contributed by atoms with van der Waals surface area (Å²) in [5.74, 6) is 0.157. The third-order valence-corrected chi connectivity index (χ3v) is 5.89. The van der Waals surface area contributed by atoms with E-state index in [0.717, 1.165) is 22.3 Å². The average molecular weight is 427 g/mol. The number of aromatic nitrogens is 3. The summed E-state index contributed by atoms with van der Waals surface area (Å²) < 4.78 is 28.6. The molecule has 1 unspecified atom stereocenters. The van der Waals surface area contributed by atoms with Gasteiger partial charge in [0.1, 0.15) is 12.4 Å². The van der Waals surface area contributed by atoms with Gasteiger partial charge in [0.25, 0.3) is 6.02 Å². The Bertz CT molecular complexity index is 1400. The van der Waals surface area contributed by atoms with Crippen LogP contribution in [0.1, 0.15) is 11.1 Å². The van der Waals surface area contributed by atoms with Crippen LogP contribution < -0.4 is 10.5 Å². The number of hydrogen-bond donors (Lipinski definition) is 1. The summed E-state index contributed by atoms with van der Waals surface area (Å²) in [6.07, 6.45) is 7.03. The van der Waals surface area contributed by atoms with Crippen molar-refractivity contribution in [2.75, 3.05) is 6.61 Å². The summed E-state index contributed by atoms with van der Waals surface area (Å²) in [4.78, 5) is 8.88. The van der Waals surface area contributed by atoms with E-state index >= 15 is 4.39 Å². The van der Waals surface area contributed by atoms with Crippen LogP contribution in [-0.4, -0.2) is 27.4 Å². The second kappa shape index (κ2) is 6.65. The summed E-state index contributed by atoms with van der Waals surface area (Å²) in [5, 5.41) is 4.20. The maximum Gasteiger partial charge on any atom is 0.283 e. The van der Waals surface area contributed by atoms with Crippen LogP contribution >= 0.6 is 0 Å². The molecule has 158 valence electrons. The molecular weight excluding hydrogens is 409 g/mol. The molecule has 8 heteroatoms. The molecule has 32 heavy (non-hydrogen) atoms. The molecule has 0 amide bonds. The number of nitrogens with two attached hydrogens (primary N) is 1. The molecule has 6 rings (SSSR count). The molecule has 7 nitrogen and oxygen atoms in total. The minimum atomic E-state index is -1.02. The van der Waals surface area contributed by atoms with Gasteiger partial charge in [-0.15, -0.1) is 0 Å². The predicted octanol–water partition coefficient (Wildman–Crippen LogP) is 3.98. The fraction of sp³-hybridized carbons (Fsp3) is 0.125. The standard InChI is InChI=1S/C24H18FN5O2/c1-30-12-17(11-28-30)16-8-19-22(20(25)9-16)32-21-5-4-14(15-3-2-6-27-10-15)7-18(21)24(19)13-31-23(26)29-24/h2-12H,13H2,1H3,(H2,26,29). The summed E-state index contributed by atoms with van der Waals surface area (Å²) in [6.45, 7) is 0.147. The van der Waals surface area contributed by atoms with Crippen molar-refractivity contribution in [3.63, 3.8) is 0 Å². The van der Waals surface area contributed by atoms with Gasteiger partial charge >= 0.3 is 0 Å². The lowest BCUT2D eigenvalue weighted by Crippen LogP contribution is -2.31. The minimum absolute atomic E-state index is 0.0581. The largest absolute Gasteiger partial charge is 0.462 e. The second-order valence-electron chi connectivity index (χ2n) is 7.89. The van der Waals surface area contributed by atoms with Crippen molar-refractivity contribution in [2.24, 2.45) is 17.8 Å². The summed E-state index contributed by atoms with van der Waals surface area (Å²) in [7, 11) is 1.81. The van der Waals surface area contributed by atoms with Gasteiger partial charge in [-0.05, 0) is 41.5 Å². The lowest BCUT2D eigenvalue weighted by molar-refractivity contribution is 0.262. The zero-order valence-corrected chi connectivity index (χ0v) is 17.1. The van der Waals surface area contributed by atoms with Crippen molar-refractivity contribution in [1.29, 1.82) is 0 Å². The van der Waals surface area contributed by atoms with Crippen LogP contribution in [0.25, 0.3) is 22.3 Å². The fourth-order valence-electron chi connectivity index (χ4n) is 4.36. The van der Waals surface area contributed by atoms with Gasteiger partial charge in [-0.3, -0.25) is 9.67 Å². The Balaban J connectivity index is 1.59. The van der Waals surface area contributed by atoms with Crippen LogP contribution in [0.4, 0.5) is 4.39 Å². The highest BCUT2D eigenvalue weighted by Crippen LogP contribution is 2.53. The topological polar surface area (TPSA) is 87.6 Å². The predicted molar refractivity (Wildman–Crippen MR) is 117 cm³/mol. The molecule has 4 heterocycles. The lowest BCUT2D eigenvalue weighted by Gasteiger charge is -2.34. The zero-order valence-electron chi connectivity index (χ0n) is 17.1. The zero-order chi connectivity index (χ0) is 21.9. The number of halogens is 1. The molecule has 0 radical (unpaired) electrons. The van der Waals surface area contributed by atoms with E-state index in [-0.39, 0.29) is 18.4 Å². The van der Waals surface area contributed by atoms with Gasteiger partial charge in [-0.25, -0.2) is 9.38 Å². The van der Waals surface area contributed by atoms with Gasteiger partial charge in [-0.1, -0.05) is 12.1 Å². The molecule has 0 bridgehead atoms. The molecule has 2 aliphatic heterocycles. The van der Waals surface area contributed by atoms with E-state index in [9.17, 15) is 0 Å². The number of hydrogen-bond acceptors (Lipinski definition) is 6. The molecule has 0 fully saturated rings. The third kappa shape index (κ3) is 2.69. The highest BCUT2D eigenvalue weighted by molar-refractivity contribution is 5.79. The van der Waals surface area contributed by atoms with E-state index in [1.807, 2.05) is 49.6 Å². The summed E-state index contributed by atoms with van der Waals surface area (Å²) in [6, 6.07) is 12.9. The Labute approximate surface area is 183 Å². The van der Waals surface area contributed by atoms with Crippen LogP contribution in [0, 0.1) is 5.82 Å². The van der Waals surface area contributed by atoms with Crippen molar-refractivity contribution in [3.05, 3.63) is 84.2 Å². The van der Waals surface area contributed by atoms with Gasteiger partial charge < -0.3 is 15.2 Å². The number of ether oxygens (including phenoxy) is 2. The van der Waals surface area contributed by atoms with E-state index in [2.05, 4.69) is 15.1 Å². The maximum absolute atomic E-state index is 15.3. The van der Waals surface area contributed by atoms with Gasteiger partial charge in [0.15, 0.2) is 17.1 Å². The number of benzene rings is 2. The van der Waals surface area contributed by atoms with Crippen LogP contribution in [-0.2, 0) is 17.3 Å². The molecule has 0 aliphatic carbocycles. The molecule has 2 aliphatic rings. The van der Waals surface area contributed by atoms with E-state index < -0.39 is 11.4 Å². The SMILES string of the molecule is Cn1cc(-c2cc(F)c3c(c2)C2(COC(N)=N2)c2cc(-c4cccnc4)ccc2O3)cn1. The molecule has 0 saturated carbocycles. The Morgan fingerprint density at radius 1 is 1.03 bits per heavy atom. The molecule has 1 spiro atoms. The average Bonchev–Trinajstić information content (AvgIpc) is 3.41. The second-order valence-corrected chi connectivity index (χ2v) is 7.89. The van der Waals surface area contributed by atoms with Gasteiger partial charge in [0.05, 0.1) is 6.20 Å². The van der Waals surface area contributed by atoms with E-state index in [1.165, 1.54) is 6.07 Å². The Morgan fingerprint density at radius 2 is 1.91 bits per heavy atom. The fourth-order valence-corrected chi connectivity index (χ4v) is 4.36. The minimum Gasteiger partial charge on any atom is -0.462 e. The van der Waals surface area contributed by atoms with Crippen molar-refractivity contribution in [3.8, 4) is 33.8 Å². The number of nitrogens with zero attached hydrogens (tertiary/aromatic N) is 4. The first kappa shape index (κ1) is 18.6. The van der Waals surface area contributed by atoms with Crippen molar-refractivity contribution in [1.82, 2.24) is 14.8 Å². The Hall–Kier alpha value is -4.20. The van der Waals surface area contributed by atoms with E-state index in [4.69, 9.17) is 15.2 Å². The highest BCUT2D eigenvalue weighted by Gasteiger charge is 2.48. The molecule has 2 aromatic heterocycles. The monoisotopic (exact) mass is 427 g/mol. The number of rotatable bonds is 2. The quantitative estimate of drug-likeness (QED) is 0.523. The number of fused-ring (bicyclic) bond motifs is 4. The number of aryl methyl sites for hydroxylation is 1. The normalized spacial score (nSPS) is 18.5. The van der Waals surface area contributed by atoms with Crippen molar-refractivity contribution < 1.29 is 13.9 Å². The molecule has 0 saturated heterocycles. The third-order valence-electron chi connectivity index (χ3n) is 5.89. The van der Waals surface area contributed by atoms with Gasteiger partial charge in [-0.2, -0.15) is 5.10 Å². The lowest BCUT2D eigenvalue weighted by atomic mass is 9.79. The first-order valence-corrected chi connectivity index (χ1v) is 10.1. The Kier molecular flexibility index (Phi) is 3.86. The van der Waals surface area contributed by atoms with Crippen molar-refractivity contribution in [2.45, 2.75) is 5.54 Å². The Morgan fingerprint density at radius 3 is 2.62 bits per heavy atom. The number of aliphatic imine (C=N–C) groups is 1. The first-order valence-electron chi connectivity index (χ1n) is 10.1. The maximum atomic E-state index is 15.3. The molecule has 2 aromatic carbocycles.